The van der Waals surface area contributed by atoms with Gasteiger partial charge in [-0.2, -0.15) is 0 Å². The minimum atomic E-state index is -0.294. The van der Waals surface area contributed by atoms with Gasteiger partial charge in [0.25, 0.3) is 0 Å². The Labute approximate surface area is 141 Å². The summed E-state index contributed by atoms with van der Waals surface area (Å²) in [6.45, 7) is 6.34. The van der Waals surface area contributed by atoms with Crippen LogP contribution in [0, 0.1) is 0 Å². The Hall–Kier alpha value is -2.20. The molecule has 0 fully saturated rings. The number of para-hydroxylation sites is 1. The summed E-state index contributed by atoms with van der Waals surface area (Å²) in [5, 5.41) is 6.14. The lowest BCUT2D eigenvalue weighted by Crippen LogP contribution is -2.29. The Kier molecular flexibility index (Phi) is 5.50. The third-order valence-electron chi connectivity index (χ3n) is 2.91. The quantitative estimate of drug-likeness (QED) is 0.841. The molecule has 0 saturated carbocycles. The summed E-state index contributed by atoms with van der Waals surface area (Å²) >= 11 is 5.90. The highest BCUT2D eigenvalue weighted by atomic mass is 35.5. The second-order valence-electron chi connectivity index (χ2n) is 6.14. The first kappa shape index (κ1) is 17.2. The van der Waals surface area contributed by atoms with Crippen LogP contribution in [0.15, 0.2) is 48.5 Å². The van der Waals surface area contributed by atoms with Gasteiger partial charge in [-0.25, -0.2) is 4.79 Å². The summed E-state index contributed by atoms with van der Waals surface area (Å²) in [5.41, 5.74) is 1.27. The number of carbonyl (C=O) groups excluding carboxylic acids is 1. The molecule has 2 amide bonds. The van der Waals surface area contributed by atoms with Crippen molar-refractivity contribution in [3.8, 4) is 5.75 Å². The molecule has 5 heteroatoms. The SMILES string of the molecule is CC(C)(C)Oc1ccccc1CNC(=O)Nc1cccc(Cl)c1. The first-order valence-corrected chi connectivity index (χ1v) is 7.79. The lowest BCUT2D eigenvalue weighted by atomic mass is 10.1. The number of ether oxygens (including phenoxy) is 1. The minimum absolute atomic E-state index is 0.293. The van der Waals surface area contributed by atoms with Crippen molar-refractivity contribution in [2.75, 3.05) is 5.32 Å². The summed E-state index contributed by atoms with van der Waals surface area (Å²) in [7, 11) is 0. The fraction of sp³-hybridized carbons (Fsp3) is 0.278. The average Bonchev–Trinajstić information content (AvgIpc) is 2.45. The van der Waals surface area contributed by atoms with Crippen molar-refractivity contribution >= 4 is 23.3 Å². The lowest BCUT2D eigenvalue weighted by molar-refractivity contribution is 0.129. The highest BCUT2D eigenvalue weighted by Gasteiger charge is 2.14. The van der Waals surface area contributed by atoms with Gasteiger partial charge in [-0.1, -0.05) is 35.9 Å². The Morgan fingerprint density at radius 1 is 1.13 bits per heavy atom. The van der Waals surface area contributed by atoms with Crippen LogP contribution < -0.4 is 15.4 Å². The standard InChI is InChI=1S/C18H21ClN2O2/c1-18(2,3)23-16-10-5-4-7-13(16)12-20-17(22)21-15-9-6-8-14(19)11-15/h4-11H,12H2,1-3H3,(H2,20,21,22). The van der Waals surface area contributed by atoms with E-state index >= 15 is 0 Å². The van der Waals surface area contributed by atoms with Gasteiger partial charge in [0, 0.05) is 22.8 Å². The molecule has 23 heavy (non-hydrogen) atoms. The predicted octanol–water partition coefficient (Wildman–Crippen LogP) is 4.84. The van der Waals surface area contributed by atoms with Crippen LogP contribution in [0.1, 0.15) is 26.3 Å². The van der Waals surface area contributed by atoms with Gasteiger partial charge in [0.05, 0.1) is 0 Å². The molecule has 0 saturated heterocycles. The van der Waals surface area contributed by atoms with Crippen molar-refractivity contribution < 1.29 is 9.53 Å². The van der Waals surface area contributed by atoms with Gasteiger partial charge in [-0.3, -0.25) is 0 Å². The molecule has 0 aliphatic rings. The third-order valence-corrected chi connectivity index (χ3v) is 3.15. The van der Waals surface area contributed by atoms with E-state index in [1.54, 1.807) is 24.3 Å². The molecular formula is C18H21ClN2O2. The van der Waals surface area contributed by atoms with Crippen LogP contribution in [0.25, 0.3) is 0 Å². The molecule has 0 bridgehead atoms. The molecule has 0 aliphatic carbocycles. The van der Waals surface area contributed by atoms with E-state index in [-0.39, 0.29) is 11.6 Å². The number of anilines is 1. The summed E-state index contributed by atoms with van der Waals surface area (Å²) in [4.78, 5) is 12.0. The van der Waals surface area contributed by atoms with Gasteiger partial charge >= 0.3 is 6.03 Å². The van der Waals surface area contributed by atoms with Gasteiger partial charge in [0.15, 0.2) is 0 Å². The van der Waals surface area contributed by atoms with Crippen LogP contribution in [0.3, 0.4) is 0 Å². The first-order chi connectivity index (χ1) is 10.8. The Morgan fingerprint density at radius 2 is 1.87 bits per heavy atom. The van der Waals surface area contributed by atoms with E-state index in [1.807, 2.05) is 45.0 Å². The van der Waals surface area contributed by atoms with E-state index in [4.69, 9.17) is 16.3 Å². The zero-order valence-electron chi connectivity index (χ0n) is 13.5. The van der Waals surface area contributed by atoms with Crippen molar-refractivity contribution in [1.29, 1.82) is 0 Å². The van der Waals surface area contributed by atoms with Gasteiger partial charge in [-0.15, -0.1) is 0 Å². The Morgan fingerprint density at radius 3 is 2.57 bits per heavy atom. The molecular weight excluding hydrogens is 312 g/mol. The maximum Gasteiger partial charge on any atom is 0.319 e. The number of halogens is 1. The van der Waals surface area contributed by atoms with Crippen molar-refractivity contribution in [3.05, 3.63) is 59.1 Å². The monoisotopic (exact) mass is 332 g/mol. The number of urea groups is 1. The second kappa shape index (κ2) is 7.38. The maximum absolute atomic E-state index is 12.0. The van der Waals surface area contributed by atoms with E-state index in [0.29, 0.717) is 17.3 Å². The molecule has 0 aliphatic heterocycles. The number of carbonyl (C=O) groups is 1. The average molecular weight is 333 g/mol. The fourth-order valence-corrected chi connectivity index (χ4v) is 2.19. The molecule has 0 spiro atoms. The molecule has 0 aromatic heterocycles. The number of hydrogen-bond acceptors (Lipinski definition) is 2. The Balaban J connectivity index is 1.97. The van der Waals surface area contributed by atoms with Gasteiger partial charge in [0.1, 0.15) is 11.4 Å². The maximum atomic E-state index is 12.0. The Bertz CT molecular complexity index is 681. The van der Waals surface area contributed by atoms with Gasteiger partial charge < -0.3 is 15.4 Å². The normalized spacial score (nSPS) is 11.0. The molecule has 2 aromatic rings. The van der Waals surface area contributed by atoms with Crippen LogP contribution in [-0.2, 0) is 6.54 Å². The molecule has 0 radical (unpaired) electrons. The molecule has 2 rings (SSSR count). The number of rotatable bonds is 4. The zero-order valence-corrected chi connectivity index (χ0v) is 14.3. The number of nitrogens with one attached hydrogen (secondary N) is 2. The largest absolute Gasteiger partial charge is 0.488 e. The van der Waals surface area contributed by atoms with E-state index in [0.717, 1.165) is 11.3 Å². The van der Waals surface area contributed by atoms with Crippen LogP contribution in [0.5, 0.6) is 5.75 Å². The first-order valence-electron chi connectivity index (χ1n) is 7.41. The van der Waals surface area contributed by atoms with Gasteiger partial charge in [0.2, 0.25) is 0 Å². The zero-order chi connectivity index (χ0) is 16.9. The fourth-order valence-electron chi connectivity index (χ4n) is 2.00. The number of amides is 2. The van der Waals surface area contributed by atoms with E-state index in [9.17, 15) is 4.79 Å². The predicted molar refractivity (Wildman–Crippen MR) is 94.1 cm³/mol. The molecule has 0 heterocycles. The summed E-state index contributed by atoms with van der Waals surface area (Å²) < 4.78 is 5.91. The molecule has 2 N–H and O–H groups in total. The van der Waals surface area contributed by atoms with Crippen molar-refractivity contribution in [3.63, 3.8) is 0 Å². The number of hydrogen-bond donors (Lipinski definition) is 2. The molecule has 0 atom stereocenters. The lowest BCUT2D eigenvalue weighted by Gasteiger charge is -2.23. The van der Waals surface area contributed by atoms with Crippen LogP contribution in [0.4, 0.5) is 10.5 Å². The summed E-state index contributed by atoms with van der Waals surface area (Å²) in [6, 6.07) is 14.4. The van der Waals surface area contributed by atoms with Crippen molar-refractivity contribution in [2.45, 2.75) is 32.9 Å². The summed E-state index contributed by atoms with van der Waals surface area (Å²) in [6.07, 6.45) is 0. The highest BCUT2D eigenvalue weighted by molar-refractivity contribution is 6.30. The summed E-state index contributed by atoms with van der Waals surface area (Å²) in [5.74, 6) is 0.767. The molecule has 4 nitrogen and oxygen atoms in total. The third kappa shape index (κ3) is 5.83. The van der Waals surface area contributed by atoms with Crippen molar-refractivity contribution in [1.82, 2.24) is 5.32 Å². The van der Waals surface area contributed by atoms with Crippen LogP contribution >= 0.6 is 11.6 Å². The minimum Gasteiger partial charge on any atom is -0.488 e. The van der Waals surface area contributed by atoms with Crippen molar-refractivity contribution in [2.24, 2.45) is 0 Å². The smallest absolute Gasteiger partial charge is 0.319 e. The van der Waals surface area contributed by atoms with E-state index in [1.165, 1.54) is 0 Å². The van der Waals surface area contributed by atoms with E-state index in [2.05, 4.69) is 10.6 Å². The van der Waals surface area contributed by atoms with E-state index < -0.39 is 0 Å². The van der Waals surface area contributed by atoms with Crippen LogP contribution in [-0.4, -0.2) is 11.6 Å². The highest BCUT2D eigenvalue weighted by Crippen LogP contribution is 2.23. The topological polar surface area (TPSA) is 50.4 Å². The number of benzene rings is 2. The molecule has 0 unspecified atom stereocenters. The molecule has 122 valence electrons. The van der Waals surface area contributed by atoms with Crippen LogP contribution in [0.2, 0.25) is 5.02 Å². The van der Waals surface area contributed by atoms with Gasteiger partial charge in [-0.05, 0) is 45.0 Å². The molecule has 2 aromatic carbocycles. The second-order valence-corrected chi connectivity index (χ2v) is 6.58.